The Balaban J connectivity index is 1.64. The Hall–Kier alpha value is -2.18. The molecule has 132 valence electrons. The Morgan fingerprint density at radius 3 is 2.52 bits per heavy atom. The molecular weight excluding hydrogens is 338 g/mol. The molecule has 3 rings (SSSR count). The van der Waals surface area contributed by atoms with E-state index in [2.05, 4.69) is 27.3 Å². The number of benzene rings is 1. The van der Waals surface area contributed by atoms with Gasteiger partial charge in [-0.05, 0) is 49.4 Å². The molecule has 0 bridgehead atoms. The monoisotopic (exact) mass is 359 g/mol. The van der Waals surface area contributed by atoms with Crippen LogP contribution < -0.4 is 5.32 Å². The molecule has 0 radical (unpaired) electrons. The van der Waals surface area contributed by atoms with Crippen LogP contribution in [-0.2, 0) is 0 Å². The number of hydrogen-bond donors (Lipinski definition) is 1. The van der Waals surface area contributed by atoms with Crippen LogP contribution in [-0.4, -0.2) is 58.6 Å². The highest BCUT2D eigenvalue weighted by molar-refractivity contribution is 6.30. The molecule has 1 aliphatic heterocycles. The number of aromatic nitrogens is 2. The molecular formula is C18H22ClN5O. The van der Waals surface area contributed by atoms with E-state index in [0.717, 1.165) is 44.0 Å². The molecule has 0 spiro atoms. The van der Waals surface area contributed by atoms with Crippen molar-refractivity contribution in [3.05, 3.63) is 46.6 Å². The molecule has 0 saturated carbocycles. The Labute approximate surface area is 152 Å². The maximum absolute atomic E-state index is 12.5. The molecule has 2 aromatic rings. The van der Waals surface area contributed by atoms with E-state index in [-0.39, 0.29) is 5.91 Å². The van der Waals surface area contributed by atoms with Crippen molar-refractivity contribution < 1.29 is 4.79 Å². The van der Waals surface area contributed by atoms with Crippen molar-refractivity contribution in [1.29, 1.82) is 0 Å². The van der Waals surface area contributed by atoms with Crippen molar-refractivity contribution in [3.63, 3.8) is 0 Å². The summed E-state index contributed by atoms with van der Waals surface area (Å²) in [6, 6.07) is 9.08. The van der Waals surface area contributed by atoms with Crippen molar-refractivity contribution in [3.8, 4) is 0 Å². The Bertz CT molecular complexity index is 742. The number of amides is 1. The molecule has 1 aliphatic rings. The first-order valence-corrected chi connectivity index (χ1v) is 8.83. The van der Waals surface area contributed by atoms with Gasteiger partial charge in [-0.1, -0.05) is 18.5 Å². The number of halogens is 1. The topological polar surface area (TPSA) is 61.4 Å². The first kappa shape index (κ1) is 17.6. The second kappa shape index (κ2) is 7.80. The minimum Gasteiger partial charge on any atom is -0.339 e. The van der Waals surface area contributed by atoms with Gasteiger partial charge in [0.05, 0.1) is 0 Å². The fourth-order valence-corrected chi connectivity index (χ4v) is 3.07. The van der Waals surface area contributed by atoms with Crippen molar-refractivity contribution in [2.75, 3.05) is 38.0 Å². The van der Waals surface area contributed by atoms with Gasteiger partial charge in [0, 0.05) is 36.9 Å². The highest BCUT2D eigenvalue weighted by Gasteiger charge is 2.22. The number of carbonyl (C=O) groups excluding carboxylic acids is 1. The summed E-state index contributed by atoms with van der Waals surface area (Å²) in [4.78, 5) is 16.7. The summed E-state index contributed by atoms with van der Waals surface area (Å²) in [5.41, 5.74) is 2.31. The molecule has 25 heavy (non-hydrogen) atoms. The van der Waals surface area contributed by atoms with Crippen LogP contribution in [0.4, 0.5) is 11.5 Å². The van der Waals surface area contributed by atoms with E-state index in [0.29, 0.717) is 16.5 Å². The normalized spacial score (nSPS) is 15.2. The number of nitrogens with one attached hydrogen (secondary N) is 1. The minimum absolute atomic E-state index is 0.0579. The number of anilines is 2. The van der Waals surface area contributed by atoms with Crippen LogP contribution in [0.1, 0.15) is 23.0 Å². The van der Waals surface area contributed by atoms with Gasteiger partial charge in [0.15, 0.2) is 11.5 Å². The third kappa shape index (κ3) is 4.27. The molecule has 0 aliphatic carbocycles. The Morgan fingerprint density at radius 1 is 1.16 bits per heavy atom. The lowest BCUT2D eigenvalue weighted by molar-refractivity contribution is 0.0636. The van der Waals surface area contributed by atoms with Crippen LogP contribution in [0.15, 0.2) is 30.3 Å². The van der Waals surface area contributed by atoms with E-state index in [9.17, 15) is 4.79 Å². The number of likely N-dealkylation sites (N-methyl/N-ethyl adjacent to an activating group) is 1. The van der Waals surface area contributed by atoms with Crippen molar-refractivity contribution in [2.45, 2.75) is 13.8 Å². The van der Waals surface area contributed by atoms with E-state index >= 15 is 0 Å². The van der Waals surface area contributed by atoms with Gasteiger partial charge in [0.25, 0.3) is 5.91 Å². The SMILES string of the molecule is CCN1CCN(C(=O)c2ccc(Nc3ccc(Cl)cc3C)nn2)CC1. The average molecular weight is 360 g/mol. The standard InChI is InChI=1S/C18H22ClN5O/c1-3-23-8-10-24(11-9-23)18(25)16-6-7-17(22-21-16)20-15-5-4-14(19)12-13(15)2/h4-7,12H,3,8-11H2,1-2H3,(H,20,22). The molecule has 1 saturated heterocycles. The van der Waals surface area contributed by atoms with Crippen molar-refractivity contribution in [1.82, 2.24) is 20.0 Å². The zero-order valence-electron chi connectivity index (χ0n) is 14.5. The van der Waals surface area contributed by atoms with Gasteiger partial charge in [0.1, 0.15) is 0 Å². The lowest BCUT2D eigenvalue weighted by atomic mass is 10.2. The van der Waals surface area contributed by atoms with Gasteiger partial charge in [-0.2, -0.15) is 0 Å². The van der Waals surface area contributed by atoms with Crippen LogP contribution in [0, 0.1) is 6.92 Å². The van der Waals surface area contributed by atoms with Gasteiger partial charge in [0.2, 0.25) is 0 Å². The number of hydrogen-bond acceptors (Lipinski definition) is 5. The fourth-order valence-electron chi connectivity index (χ4n) is 2.85. The predicted octanol–water partition coefficient (Wildman–Crippen LogP) is 2.96. The number of aryl methyl sites for hydroxylation is 1. The molecule has 2 heterocycles. The van der Waals surface area contributed by atoms with Crippen LogP contribution >= 0.6 is 11.6 Å². The molecule has 1 N–H and O–H groups in total. The molecule has 6 nitrogen and oxygen atoms in total. The summed E-state index contributed by atoms with van der Waals surface area (Å²) in [5, 5.41) is 12.1. The maximum atomic E-state index is 12.5. The van der Waals surface area contributed by atoms with Gasteiger partial charge < -0.3 is 15.1 Å². The molecule has 1 aromatic carbocycles. The number of carbonyl (C=O) groups is 1. The van der Waals surface area contributed by atoms with E-state index in [1.54, 1.807) is 12.1 Å². The average Bonchev–Trinajstić information content (AvgIpc) is 2.64. The summed E-state index contributed by atoms with van der Waals surface area (Å²) in [6.07, 6.45) is 0. The predicted molar refractivity (Wildman–Crippen MR) is 99.5 cm³/mol. The quantitative estimate of drug-likeness (QED) is 0.909. The Morgan fingerprint density at radius 2 is 1.92 bits per heavy atom. The highest BCUT2D eigenvalue weighted by atomic mass is 35.5. The van der Waals surface area contributed by atoms with Crippen LogP contribution in [0.5, 0.6) is 0 Å². The maximum Gasteiger partial charge on any atom is 0.274 e. The van der Waals surface area contributed by atoms with Crippen molar-refractivity contribution >= 4 is 29.0 Å². The van der Waals surface area contributed by atoms with Crippen molar-refractivity contribution in [2.24, 2.45) is 0 Å². The zero-order chi connectivity index (χ0) is 17.8. The summed E-state index contributed by atoms with van der Waals surface area (Å²) in [7, 11) is 0. The van der Waals surface area contributed by atoms with Crippen LogP contribution in [0.3, 0.4) is 0 Å². The second-order valence-corrected chi connectivity index (χ2v) is 6.55. The van der Waals surface area contributed by atoms with E-state index in [4.69, 9.17) is 11.6 Å². The number of nitrogens with zero attached hydrogens (tertiary/aromatic N) is 4. The molecule has 7 heteroatoms. The van der Waals surface area contributed by atoms with Crippen LogP contribution in [0.2, 0.25) is 5.02 Å². The highest BCUT2D eigenvalue weighted by Crippen LogP contribution is 2.22. The summed E-state index contributed by atoms with van der Waals surface area (Å²) >= 11 is 5.97. The molecule has 1 aromatic heterocycles. The molecule has 1 amide bonds. The number of piperazine rings is 1. The third-order valence-corrected chi connectivity index (χ3v) is 4.68. The lowest BCUT2D eigenvalue weighted by Gasteiger charge is -2.33. The Kier molecular flexibility index (Phi) is 5.50. The van der Waals surface area contributed by atoms with Gasteiger partial charge >= 0.3 is 0 Å². The first-order chi connectivity index (χ1) is 12.1. The largest absolute Gasteiger partial charge is 0.339 e. The summed E-state index contributed by atoms with van der Waals surface area (Å²) in [5.74, 6) is 0.537. The zero-order valence-corrected chi connectivity index (χ0v) is 15.3. The van der Waals surface area contributed by atoms with Gasteiger partial charge in [-0.3, -0.25) is 4.79 Å². The molecule has 0 unspecified atom stereocenters. The summed E-state index contributed by atoms with van der Waals surface area (Å²) < 4.78 is 0. The number of rotatable bonds is 4. The minimum atomic E-state index is -0.0579. The third-order valence-electron chi connectivity index (χ3n) is 4.44. The lowest BCUT2D eigenvalue weighted by Crippen LogP contribution is -2.48. The second-order valence-electron chi connectivity index (χ2n) is 6.11. The van der Waals surface area contributed by atoms with Crippen LogP contribution in [0.25, 0.3) is 0 Å². The smallest absolute Gasteiger partial charge is 0.274 e. The van der Waals surface area contributed by atoms with Gasteiger partial charge in [-0.25, -0.2) is 0 Å². The van der Waals surface area contributed by atoms with Gasteiger partial charge in [-0.15, -0.1) is 10.2 Å². The molecule has 1 fully saturated rings. The molecule has 0 atom stereocenters. The van der Waals surface area contributed by atoms with E-state index in [1.165, 1.54) is 0 Å². The van der Waals surface area contributed by atoms with E-state index < -0.39 is 0 Å². The fraction of sp³-hybridized carbons (Fsp3) is 0.389. The first-order valence-electron chi connectivity index (χ1n) is 8.45. The van der Waals surface area contributed by atoms with E-state index in [1.807, 2.05) is 30.0 Å². The summed E-state index contributed by atoms with van der Waals surface area (Å²) in [6.45, 7) is 8.41.